The van der Waals surface area contributed by atoms with Crippen LogP contribution in [-0.2, 0) is 6.42 Å². The Labute approximate surface area is 119 Å². The van der Waals surface area contributed by atoms with Crippen molar-refractivity contribution in [3.8, 4) is 0 Å². The molecular formula is C13H14BrN3S. The van der Waals surface area contributed by atoms with Gasteiger partial charge in [-0.3, -0.25) is 0 Å². The summed E-state index contributed by atoms with van der Waals surface area (Å²) in [7, 11) is 0. The second-order valence-electron chi connectivity index (χ2n) is 3.90. The maximum Gasteiger partial charge on any atom is 0.116 e. The van der Waals surface area contributed by atoms with Gasteiger partial charge in [0.2, 0.25) is 0 Å². The summed E-state index contributed by atoms with van der Waals surface area (Å²) in [5.41, 5.74) is 7.88. The zero-order valence-corrected chi connectivity index (χ0v) is 12.5. The van der Waals surface area contributed by atoms with E-state index >= 15 is 0 Å². The Morgan fingerprint density at radius 1 is 1.33 bits per heavy atom. The molecule has 0 saturated carbocycles. The number of halogens is 1. The first kappa shape index (κ1) is 13.5. The van der Waals surface area contributed by atoms with E-state index in [1.54, 1.807) is 18.0 Å². The molecule has 0 atom stereocenters. The molecule has 2 rings (SSSR count). The van der Waals surface area contributed by atoms with Gasteiger partial charge in [-0.25, -0.2) is 9.97 Å². The zero-order valence-electron chi connectivity index (χ0n) is 10.1. The van der Waals surface area contributed by atoms with Crippen molar-refractivity contribution in [2.45, 2.75) is 23.4 Å². The molecule has 0 unspecified atom stereocenters. The van der Waals surface area contributed by atoms with E-state index in [0.717, 1.165) is 26.5 Å². The lowest BCUT2D eigenvalue weighted by atomic mass is 10.2. The van der Waals surface area contributed by atoms with Crippen LogP contribution in [0.1, 0.15) is 11.1 Å². The lowest BCUT2D eigenvalue weighted by Crippen LogP contribution is -2.03. The van der Waals surface area contributed by atoms with Crippen LogP contribution in [0, 0.1) is 6.92 Å². The number of aromatic nitrogens is 2. The van der Waals surface area contributed by atoms with Gasteiger partial charge in [-0.1, -0.05) is 6.07 Å². The van der Waals surface area contributed by atoms with Crippen LogP contribution in [0.4, 0.5) is 0 Å². The van der Waals surface area contributed by atoms with Crippen LogP contribution >= 0.6 is 27.7 Å². The molecule has 0 aromatic carbocycles. The molecule has 0 radical (unpaired) electrons. The van der Waals surface area contributed by atoms with E-state index in [4.69, 9.17) is 5.73 Å². The van der Waals surface area contributed by atoms with E-state index in [0.29, 0.717) is 6.54 Å². The molecule has 0 bridgehead atoms. The second-order valence-corrected chi connectivity index (χ2v) is 5.73. The number of rotatable bonds is 4. The molecule has 2 N–H and O–H groups in total. The molecule has 0 fully saturated rings. The topological polar surface area (TPSA) is 51.8 Å². The van der Waals surface area contributed by atoms with Gasteiger partial charge in [-0.15, -0.1) is 0 Å². The SMILES string of the molecule is Cc1cc(CCN)cnc1Sc1ncccc1Br. The third kappa shape index (κ3) is 3.31. The number of pyridine rings is 2. The third-order valence-corrected chi connectivity index (χ3v) is 4.48. The summed E-state index contributed by atoms with van der Waals surface area (Å²) >= 11 is 5.06. The maximum atomic E-state index is 5.54. The number of hydrogen-bond donors (Lipinski definition) is 1. The minimum absolute atomic E-state index is 0.652. The standard InChI is InChI=1S/C13H14BrN3S/c1-9-7-10(4-5-15)8-17-12(9)18-13-11(14)3-2-6-16-13/h2-3,6-8H,4-5,15H2,1H3. The first-order valence-electron chi connectivity index (χ1n) is 5.64. The normalized spacial score (nSPS) is 10.6. The minimum Gasteiger partial charge on any atom is -0.330 e. The van der Waals surface area contributed by atoms with Gasteiger partial charge >= 0.3 is 0 Å². The fourth-order valence-electron chi connectivity index (χ4n) is 1.57. The largest absolute Gasteiger partial charge is 0.330 e. The maximum absolute atomic E-state index is 5.54. The summed E-state index contributed by atoms with van der Waals surface area (Å²) in [6, 6.07) is 6.02. The van der Waals surface area contributed by atoms with Crippen molar-refractivity contribution in [1.82, 2.24) is 9.97 Å². The lowest BCUT2D eigenvalue weighted by molar-refractivity contribution is 0.934. The molecule has 0 aliphatic heterocycles. The minimum atomic E-state index is 0.652. The average molecular weight is 324 g/mol. The Hall–Kier alpha value is -0.910. The van der Waals surface area contributed by atoms with E-state index in [2.05, 4.69) is 38.9 Å². The second kappa shape index (κ2) is 6.31. The van der Waals surface area contributed by atoms with Crippen molar-refractivity contribution in [1.29, 1.82) is 0 Å². The van der Waals surface area contributed by atoms with Crippen LogP contribution in [0.25, 0.3) is 0 Å². The summed E-state index contributed by atoms with van der Waals surface area (Å²) < 4.78 is 0.988. The van der Waals surface area contributed by atoms with Gasteiger partial charge in [-0.2, -0.15) is 0 Å². The average Bonchev–Trinajstić information content (AvgIpc) is 2.35. The Kier molecular flexibility index (Phi) is 4.74. The Morgan fingerprint density at radius 3 is 2.83 bits per heavy atom. The van der Waals surface area contributed by atoms with Crippen LogP contribution in [0.5, 0.6) is 0 Å². The smallest absolute Gasteiger partial charge is 0.116 e. The van der Waals surface area contributed by atoms with Crippen LogP contribution in [0.3, 0.4) is 0 Å². The lowest BCUT2D eigenvalue weighted by Gasteiger charge is -2.07. The van der Waals surface area contributed by atoms with Crippen molar-refractivity contribution >= 4 is 27.7 Å². The van der Waals surface area contributed by atoms with E-state index in [1.807, 2.05) is 18.3 Å². The fourth-order valence-corrected chi connectivity index (χ4v) is 2.85. The van der Waals surface area contributed by atoms with Gasteiger partial charge in [-0.05, 0) is 70.8 Å². The van der Waals surface area contributed by atoms with E-state index in [9.17, 15) is 0 Å². The fraction of sp³-hybridized carbons (Fsp3) is 0.231. The Bertz CT molecular complexity index is 546. The first-order chi connectivity index (χ1) is 8.70. The molecule has 5 heteroatoms. The van der Waals surface area contributed by atoms with Gasteiger partial charge in [0.15, 0.2) is 0 Å². The monoisotopic (exact) mass is 323 g/mol. The van der Waals surface area contributed by atoms with Crippen LogP contribution in [-0.4, -0.2) is 16.5 Å². The van der Waals surface area contributed by atoms with Gasteiger partial charge < -0.3 is 5.73 Å². The quantitative estimate of drug-likeness (QED) is 0.938. The van der Waals surface area contributed by atoms with Gasteiger partial charge in [0.25, 0.3) is 0 Å². The van der Waals surface area contributed by atoms with Crippen LogP contribution in [0.2, 0.25) is 0 Å². The van der Waals surface area contributed by atoms with Crippen molar-refractivity contribution in [3.63, 3.8) is 0 Å². The van der Waals surface area contributed by atoms with Crippen molar-refractivity contribution in [3.05, 3.63) is 46.2 Å². The summed E-state index contributed by atoms with van der Waals surface area (Å²) in [6.45, 7) is 2.71. The summed E-state index contributed by atoms with van der Waals surface area (Å²) in [4.78, 5) is 8.81. The Morgan fingerprint density at radius 2 is 2.17 bits per heavy atom. The molecule has 0 saturated heterocycles. The van der Waals surface area contributed by atoms with Crippen molar-refractivity contribution < 1.29 is 0 Å². The predicted molar refractivity (Wildman–Crippen MR) is 77.8 cm³/mol. The third-order valence-electron chi connectivity index (χ3n) is 2.44. The molecule has 94 valence electrons. The number of hydrogen-bond acceptors (Lipinski definition) is 4. The van der Waals surface area contributed by atoms with E-state index in [1.165, 1.54) is 5.56 Å². The van der Waals surface area contributed by atoms with Gasteiger partial charge in [0, 0.05) is 12.4 Å². The number of nitrogens with zero attached hydrogens (tertiary/aromatic N) is 2. The molecular weight excluding hydrogens is 310 g/mol. The van der Waals surface area contributed by atoms with Crippen molar-refractivity contribution in [2.75, 3.05) is 6.54 Å². The number of nitrogens with two attached hydrogens (primary N) is 1. The molecule has 0 amide bonds. The molecule has 0 spiro atoms. The highest BCUT2D eigenvalue weighted by molar-refractivity contribution is 9.10. The Balaban J connectivity index is 2.22. The predicted octanol–water partition coefficient (Wildman–Crippen LogP) is 3.20. The summed E-state index contributed by atoms with van der Waals surface area (Å²) in [5, 5.41) is 1.91. The molecule has 0 aliphatic carbocycles. The molecule has 2 heterocycles. The summed E-state index contributed by atoms with van der Waals surface area (Å²) in [6.07, 6.45) is 4.54. The molecule has 0 aliphatic rings. The highest BCUT2D eigenvalue weighted by Gasteiger charge is 2.07. The van der Waals surface area contributed by atoms with E-state index < -0.39 is 0 Å². The van der Waals surface area contributed by atoms with Crippen LogP contribution < -0.4 is 5.73 Å². The molecule has 3 nitrogen and oxygen atoms in total. The van der Waals surface area contributed by atoms with Crippen LogP contribution in [0.15, 0.2) is 45.1 Å². The highest BCUT2D eigenvalue weighted by atomic mass is 79.9. The highest BCUT2D eigenvalue weighted by Crippen LogP contribution is 2.32. The van der Waals surface area contributed by atoms with Gasteiger partial charge in [0.05, 0.1) is 4.47 Å². The molecule has 2 aromatic rings. The first-order valence-corrected chi connectivity index (χ1v) is 7.25. The molecule has 18 heavy (non-hydrogen) atoms. The summed E-state index contributed by atoms with van der Waals surface area (Å²) in [5.74, 6) is 0. The zero-order chi connectivity index (χ0) is 13.0. The molecule has 2 aromatic heterocycles. The number of aryl methyl sites for hydroxylation is 1. The van der Waals surface area contributed by atoms with Crippen molar-refractivity contribution in [2.24, 2.45) is 5.73 Å². The van der Waals surface area contributed by atoms with E-state index in [-0.39, 0.29) is 0 Å². The van der Waals surface area contributed by atoms with Gasteiger partial charge in [0.1, 0.15) is 10.1 Å².